The van der Waals surface area contributed by atoms with Gasteiger partial charge in [0.2, 0.25) is 12.3 Å². The number of hydrogen-bond acceptors (Lipinski definition) is 5. The predicted molar refractivity (Wildman–Crippen MR) is 152 cm³/mol. The van der Waals surface area contributed by atoms with Crippen LogP contribution in [-0.2, 0) is 15.8 Å². The number of amidine groups is 1. The van der Waals surface area contributed by atoms with Crippen molar-refractivity contribution in [1.29, 1.82) is 0 Å². The number of nitrogens with zero attached hydrogens (tertiary/aromatic N) is 3. The van der Waals surface area contributed by atoms with E-state index < -0.39 is 17.6 Å². The van der Waals surface area contributed by atoms with E-state index in [4.69, 9.17) is 4.99 Å². The Kier molecular flexibility index (Phi) is 10.0. The summed E-state index contributed by atoms with van der Waals surface area (Å²) in [5.41, 5.74) is -0.471. The van der Waals surface area contributed by atoms with Crippen LogP contribution in [0.15, 0.2) is 52.9 Å². The summed E-state index contributed by atoms with van der Waals surface area (Å²) >= 11 is 1.17. The second-order valence-corrected chi connectivity index (χ2v) is 10.5. The molecule has 1 saturated heterocycles. The molecule has 2 bridgehead atoms. The molecule has 0 aromatic heterocycles. The van der Waals surface area contributed by atoms with Gasteiger partial charge in [0.15, 0.2) is 0 Å². The number of rotatable bonds is 4. The number of piperazine rings is 1. The quantitative estimate of drug-likeness (QED) is 0.257. The Hall–Kier alpha value is -3.34. The standard InChI is InChI=1S/C27H28F4N4O2S.C2H6/c1-5-22(37)35-16(3)11-34(12-17(35)4)26-20-10-21(27(29,30)31)23(18-6-8-19(28)9-7-18)25(24(20)32-14-36)38-13-15(2)33-26;1-2/h5-10,14-17H,1,11-13H2,2-4H3,(H,32,36);1-2H3. The molecule has 0 saturated carbocycles. The molecule has 40 heavy (non-hydrogen) atoms. The second kappa shape index (κ2) is 12.9. The molecule has 2 aromatic rings. The lowest BCUT2D eigenvalue weighted by atomic mass is 9.94. The molecular formula is C29H34F4N4O2S. The molecule has 2 amide bonds. The lowest BCUT2D eigenvalue weighted by Crippen LogP contribution is -2.59. The van der Waals surface area contributed by atoms with Crippen molar-refractivity contribution in [2.75, 3.05) is 24.2 Å². The number of amides is 2. The number of anilines is 1. The Balaban J connectivity index is 0.00000216. The maximum Gasteiger partial charge on any atom is 0.417 e. The Morgan fingerprint density at radius 3 is 2.25 bits per heavy atom. The average Bonchev–Trinajstić information content (AvgIpc) is 2.91. The van der Waals surface area contributed by atoms with E-state index in [1.807, 2.05) is 39.5 Å². The number of fused-ring (bicyclic) bond motifs is 2. The Bertz CT molecular complexity index is 1270. The number of aliphatic imine (C=N–C) groups is 1. The van der Waals surface area contributed by atoms with Gasteiger partial charge in [-0.1, -0.05) is 32.6 Å². The third kappa shape index (κ3) is 6.35. The van der Waals surface area contributed by atoms with Crippen LogP contribution in [0.2, 0.25) is 0 Å². The van der Waals surface area contributed by atoms with Gasteiger partial charge in [0.05, 0.1) is 17.3 Å². The SMILES string of the molecule is C=CC(=O)N1C(C)CN(C2=NC(C)CSc3c(NC=O)c2cc(C(F)(F)F)c3-c2ccc(F)cc2)CC1C.CC. The smallest absolute Gasteiger partial charge is 0.352 e. The van der Waals surface area contributed by atoms with Crippen LogP contribution in [0.25, 0.3) is 11.1 Å². The van der Waals surface area contributed by atoms with Crippen molar-refractivity contribution in [2.24, 2.45) is 4.99 Å². The molecule has 2 aliphatic rings. The normalized spacial score (nSPS) is 20.8. The molecule has 2 aromatic carbocycles. The van der Waals surface area contributed by atoms with Crippen LogP contribution in [0.1, 0.15) is 45.7 Å². The molecule has 4 rings (SSSR count). The molecule has 0 aliphatic carbocycles. The van der Waals surface area contributed by atoms with Crippen molar-refractivity contribution >= 4 is 35.6 Å². The van der Waals surface area contributed by atoms with Crippen molar-refractivity contribution in [3.05, 3.63) is 59.9 Å². The van der Waals surface area contributed by atoms with Crippen molar-refractivity contribution in [3.63, 3.8) is 0 Å². The highest BCUT2D eigenvalue weighted by Gasteiger charge is 2.40. The van der Waals surface area contributed by atoms with Crippen molar-refractivity contribution in [3.8, 4) is 11.1 Å². The molecule has 0 spiro atoms. The van der Waals surface area contributed by atoms with Gasteiger partial charge in [-0.2, -0.15) is 13.2 Å². The largest absolute Gasteiger partial charge is 0.417 e. The third-order valence-corrected chi connectivity index (χ3v) is 7.97. The van der Waals surface area contributed by atoms with E-state index in [-0.39, 0.29) is 51.3 Å². The molecular weight excluding hydrogens is 544 g/mol. The summed E-state index contributed by atoms with van der Waals surface area (Å²) in [5, 5.41) is 2.63. The average molecular weight is 579 g/mol. The molecule has 1 N–H and O–H groups in total. The van der Waals surface area contributed by atoms with Gasteiger partial charge in [-0.3, -0.25) is 14.6 Å². The van der Waals surface area contributed by atoms with E-state index in [1.54, 1.807) is 4.90 Å². The van der Waals surface area contributed by atoms with Crippen LogP contribution in [0.5, 0.6) is 0 Å². The van der Waals surface area contributed by atoms with E-state index in [2.05, 4.69) is 11.9 Å². The predicted octanol–water partition coefficient (Wildman–Crippen LogP) is 6.45. The van der Waals surface area contributed by atoms with Crippen LogP contribution < -0.4 is 5.32 Å². The maximum absolute atomic E-state index is 14.6. The zero-order valence-corrected chi connectivity index (χ0v) is 24.0. The van der Waals surface area contributed by atoms with Crippen LogP contribution in [0, 0.1) is 5.82 Å². The lowest BCUT2D eigenvalue weighted by molar-refractivity contribution is -0.137. The van der Waals surface area contributed by atoms with E-state index in [9.17, 15) is 27.2 Å². The first-order valence-electron chi connectivity index (χ1n) is 13.1. The Labute approximate surface area is 236 Å². The summed E-state index contributed by atoms with van der Waals surface area (Å²) in [7, 11) is 0. The van der Waals surface area contributed by atoms with Crippen molar-refractivity contribution in [1.82, 2.24) is 9.80 Å². The second-order valence-electron chi connectivity index (χ2n) is 9.48. The minimum atomic E-state index is -4.74. The van der Waals surface area contributed by atoms with Gasteiger partial charge >= 0.3 is 6.18 Å². The highest BCUT2D eigenvalue weighted by Crippen LogP contribution is 2.48. The van der Waals surface area contributed by atoms with E-state index in [1.165, 1.54) is 30.0 Å². The fourth-order valence-electron chi connectivity index (χ4n) is 5.11. The van der Waals surface area contributed by atoms with Crippen LogP contribution >= 0.6 is 11.8 Å². The number of halogens is 4. The Morgan fingerprint density at radius 2 is 1.73 bits per heavy atom. The first-order valence-corrected chi connectivity index (χ1v) is 14.1. The molecule has 1 fully saturated rings. The van der Waals surface area contributed by atoms with Crippen LogP contribution in [0.4, 0.5) is 23.2 Å². The van der Waals surface area contributed by atoms with Gasteiger partial charge in [0, 0.05) is 46.9 Å². The lowest BCUT2D eigenvalue weighted by Gasteiger charge is -2.45. The first kappa shape index (κ1) is 31.2. The molecule has 3 atom stereocenters. The van der Waals surface area contributed by atoms with Crippen molar-refractivity contribution in [2.45, 2.75) is 63.8 Å². The fraction of sp³-hybridized carbons (Fsp3) is 0.414. The zero-order chi connectivity index (χ0) is 29.8. The topological polar surface area (TPSA) is 65.0 Å². The molecule has 6 nitrogen and oxygen atoms in total. The van der Waals surface area contributed by atoms with Crippen LogP contribution in [0.3, 0.4) is 0 Å². The molecule has 11 heteroatoms. The molecule has 0 radical (unpaired) electrons. The number of hydrogen-bond donors (Lipinski definition) is 1. The summed E-state index contributed by atoms with van der Waals surface area (Å²) in [5.74, 6) is -0.112. The zero-order valence-electron chi connectivity index (χ0n) is 23.2. The molecule has 2 aliphatic heterocycles. The first-order chi connectivity index (χ1) is 19.0. The summed E-state index contributed by atoms with van der Waals surface area (Å²) in [6.45, 7) is 13.8. The number of alkyl halides is 3. The molecule has 2 heterocycles. The monoisotopic (exact) mass is 578 g/mol. The van der Waals surface area contributed by atoms with E-state index in [0.29, 0.717) is 31.1 Å². The minimum absolute atomic E-state index is 0.118. The summed E-state index contributed by atoms with van der Waals surface area (Å²) in [4.78, 5) is 32.7. The van der Waals surface area contributed by atoms with Crippen molar-refractivity contribution < 1.29 is 27.2 Å². The number of thioether (sulfide) groups is 1. The summed E-state index contributed by atoms with van der Waals surface area (Å²) < 4.78 is 57.3. The summed E-state index contributed by atoms with van der Waals surface area (Å²) in [6.07, 6.45) is -3.06. The van der Waals surface area contributed by atoms with Gasteiger partial charge in [-0.15, -0.1) is 11.8 Å². The number of benzene rings is 2. The van der Waals surface area contributed by atoms with Crippen LogP contribution in [-0.4, -0.2) is 64.9 Å². The maximum atomic E-state index is 14.6. The third-order valence-electron chi connectivity index (χ3n) is 6.62. The van der Waals surface area contributed by atoms with E-state index in [0.717, 1.165) is 18.2 Å². The molecule has 3 unspecified atom stereocenters. The minimum Gasteiger partial charge on any atom is -0.352 e. The van der Waals surface area contributed by atoms with Gasteiger partial charge in [-0.25, -0.2) is 4.39 Å². The number of carbonyl (C=O) groups is 2. The van der Waals surface area contributed by atoms with Gasteiger partial charge < -0.3 is 15.1 Å². The van der Waals surface area contributed by atoms with E-state index >= 15 is 0 Å². The highest BCUT2D eigenvalue weighted by atomic mass is 32.2. The number of nitrogens with one attached hydrogen (secondary N) is 1. The highest BCUT2D eigenvalue weighted by molar-refractivity contribution is 7.99. The van der Waals surface area contributed by atoms with Gasteiger partial charge in [0.25, 0.3) is 0 Å². The fourth-order valence-corrected chi connectivity index (χ4v) is 6.28. The van der Waals surface area contributed by atoms with Gasteiger partial charge in [0.1, 0.15) is 11.7 Å². The Morgan fingerprint density at radius 1 is 1.12 bits per heavy atom. The van der Waals surface area contributed by atoms with Gasteiger partial charge in [-0.05, 0) is 50.6 Å². The summed E-state index contributed by atoms with van der Waals surface area (Å²) in [6, 6.07) is 5.07. The molecule has 216 valence electrons. The number of carbonyl (C=O) groups excluding carboxylic acids is 2.